The predicted octanol–water partition coefficient (Wildman–Crippen LogP) is 3.27. The van der Waals surface area contributed by atoms with Crippen LogP contribution >= 0.6 is 15.9 Å². The number of rotatable bonds is 4. The molecule has 3 aliphatic heterocycles. The van der Waals surface area contributed by atoms with E-state index in [1.807, 2.05) is 13.0 Å². The molecule has 164 valence electrons. The topological polar surface area (TPSA) is 83.5 Å². The van der Waals surface area contributed by atoms with E-state index in [0.29, 0.717) is 40.7 Å². The van der Waals surface area contributed by atoms with Gasteiger partial charge in [0.05, 0.1) is 36.6 Å². The highest BCUT2D eigenvalue weighted by molar-refractivity contribution is 9.10. The summed E-state index contributed by atoms with van der Waals surface area (Å²) >= 11 is 3.55. The SMILES string of the molecule is COc1cc2c(cc1OC)[C@@H]1C(=O)c3ccc4c(c3O[C@@H]1CO2)CC([C@@](C)([76Br])CO)O4. The zero-order valence-corrected chi connectivity index (χ0v) is 19.0. The van der Waals surface area contributed by atoms with Crippen molar-refractivity contribution >= 4 is 21.7 Å². The number of alkyl halides is 1. The second kappa shape index (κ2) is 7.31. The normalized spacial score (nSPS) is 24.9. The van der Waals surface area contributed by atoms with E-state index in [0.717, 1.165) is 11.1 Å². The van der Waals surface area contributed by atoms with Crippen LogP contribution in [0, 0.1) is 0 Å². The number of carbonyl (C=O) groups is 1. The molecule has 0 bridgehead atoms. The first-order valence-corrected chi connectivity index (χ1v) is 10.9. The maximum absolute atomic E-state index is 13.6. The summed E-state index contributed by atoms with van der Waals surface area (Å²) in [4.78, 5) is 13.6. The summed E-state index contributed by atoms with van der Waals surface area (Å²) in [6.07, 6.45) is -0.187. The molecule has 0 aromatic heterocycles. The largest absolute Gasteiger partial charge is 0.493 e. The highest BCUT2D eigenvalue weighted by Gasteiger charge is 2.47. The van der Waals surface area contributed by atoms with Gasteiger partial charge < -0.3 is 28.8 Å². The van der Waals surface area contributed by atoms with E-state index in [2.05, 4.69) is 15.9 Å². The van der Waals surface area contributed by atoms with E-state index < -0.39 is 16.3 Å². The van der Waals surface area contributed by atoms with Crippen LogP contribution in [0.25, 0.3) is 0 Å². The molecule has 0 radical (unpaired) electrons. The van der Waals surface area contributed by atoms with Crippen molar-refractivity contribution in [1.29, 1.82) is 0 Å². The van der Waals surface area contributed by atoms with Crippen LogP contribution in [0.15, 0.2) is 24.3 Å². The van der Waals surface area contributed by atoms with E-state index >= 15 is 0 Å². The lowest BCUT2D eigenvalue weighted by atomic mass is 9.81. The van der Waals surface area contributed by atoms with Crippen molar-refractivity contribution in [3.63, 3.8) is 0 Å². The molecule has 7 nitrogen and oxygen atoms in total. The maximum Gasteiger partial charge on any atom is 0.178 e. The molecule has 1 unspecified atom stereocenters. The Hall–Kier alpha value is -2.45. The molecule has 3 aliphatic rings. The van der Waals surface area contributed by atoms with Crippen LogP contribution in [0.1, 0.15) is 34.3 Å². The average molecular weight is 487 g/mol. The molecule has 5 rings (SSSR count). The number of hydrogen-bond acceptors (Lipinski definition) is 7. The van der Waals surface area contributed by atoms with Crippen LogP contribution < -0.4 is 23.7 Å². The van der Waals surface area contributed by atoms with Gasteiger partial charge in [-0.15, -0.1) is 0 Å². The Balaban J connectivity index is 1.55. The molecule has 0 aliphatic carbocycles. The fourth-order valence-corrected chi connectivity index (χ4v) is 4.76. The lowest BCUT2D eigenvalue weighted by molar-refractivity contribution is 0.0554. The van der Waals surface area contributed by atoms with Crippen molar-refractivity contribution < 1.29 is 33.6 Å². The molecule has 2 aromatic carbocycles. The van der Waals surface area contributed by atoms with Crippen molar-refractivity contribution in [2.24, 2.45) is 0 Å². The molecular formula is C23H23BrO7. The minimum Gasteiger partial charge on any atom is -0.493 e. The minimum absolute atomic E-state index is 0.0157. The Morgan fingerprint density at radius 1 is 1.16 bits per heavy atom. The summed E-state index contributed by atoms with van der Waals surface area (Å²) in [5.74, 6) is 2.41. The van der Waals surface area contributed by atoms with Crippen molar-refractivity contribution in [1.82, 2.24) is 0 Å². The third kappa shape index (κ3) is 3.07. The van der Waals surface area contributed by atoms with E-state index in [9.17, 15) is 9.90 Å². The number of ether oxygens (including phenoxy) is 5. The van der Waals surface area contributed by atoms with Crippen molar-refractivity contribution in [3.05, 3.63) is 41.0 Å². The lowest BCUT2D eigenvalue weighted by Gasteiger charge is -2.37. The van der Waals surface area contributed by atoms with Crippen LogP contribution in [-0.4, -0.2) is 54.9 Å². The van der Waals surface area contributed by atoms with Gasteiger partial charge in [-0.25, -0.2) is 0 Å². The minimum atomic E-state index is -0.595. The summed E-state index contributed by atoms with van der Waals surface area (Å²) in [5, 5.41) is 9.69. The van der Waals surface area contributed by atoms with E-state index in [-0.39, 0.29) is 25.1 Å². The molecule has 0 spiro atoms. The second-order valence-electron chi connectivity index (χ2n) is 8.22. The van der Waals surface area contributed by atoms with Gasteiger partial charge in [-0.2, -0.15) is 0 Å². The van der Waals surface area contributed by atoms with E-state index in [4.69, 9.17) is 23.7 Å². The molecule has 3 heterocycles. The third-order valence-corrected chi connectivity index (χ3v) is 7.06. The monoisotopic (exact) mass is 487 g/mol. The Bertz CT molecular complexity index is 1060. The number of fused-ring (bicyclic) bond motifs is 6. The smallest absolute Gasteiger partial charge is 0.178 e. The third-order valence-electron chi connectivity index (χ3n) is 6.30. The van der Waals surface area contributed by atoms with Gasteiger partial charge in [-0.05, 0) is 25.1 Å². The average Bonchev–Trinajstić information content (AvgIpc) is 3.23. The highest BCUT2D eigenvalue weighted by Crippen LogP contribution is 2.50. The second-order valence-corrected chi connectivity index (χ2v) is 10.0. The molecule has 2 aromatic rings. The van der Waals surface area contributed by atoms with Crippen LogP contribution in [0.5, 0.6) is 28.7 Å². The Labute approximate surface area is 188 Å². The Kier molecular flexibility index (Phi) is 4.82. The highest BCUT2D eigenvalue weighted by atomic mass is 75.9. The van der Waals surface area contributed by atoms with Gasteiger partial charge in [0, 0.05) is 23.6 Å². The van der Waals surface area contributed by atoms with Gasteiger partial charge >= 0.3 is 0 Å². The first-order valence-electron chi connectivity index (χ1n) is 10.1. The number of aliphatic hydroxyl groups is 1. The van der Waals surface area contributed by atoms with Gasteiger partial charge in [-0.3, -0.25) is 4.79 Å². The van der Waals surface area contributed by atoms with Crippen molar-refractivity contribution in [2.45, 2.75) is 35.8 Å². The molecule has 1 N–H and O–H groups in total. The number of carbonyl (C=O) groups excluding carboxylic acids is 1. The fraction of sp³-hybridized carbons (Fsp3) is 0.435. The predicted molar refractivity (Wildman–Crippen MR) is 116 cm³/mol. The summed E-state index contributed by atoms with van der Waals surface area (Å²) < 4.78 is 28.5. The van der Waals surface area contributed by atoms with Crippen LogP contribution in [0.4, 0.5) is 0 Å². The fourth-order valence-electron chi connectivity index (χ4n) is 4.50. The van der Waals surface area contributed by atoms with Crippen LogP contribution in [0.3, 0.4) is 0 Å². The number of benzene rings is 2. The quantitative estimate of drug-likeness (QED) is 0.663. The number of halogens is 1. The molecule has 4 atom stereocenters. The lowest BCUT2D eigenvalue weighted by Crippen LogP contribution is -2.43. The first-order chi connectivity index (χ1) is 14.9. The molecular weight excluding hydrogens is 464 g/mol. The molecule has 31 heavy (non-hydrogen) atoms. The van der Waals surface area contributed by atoms with Gasteiger partial charge in [-0.1, -0.05) is 15.9 Å². The van der Waals surface area contributed by atoms with Crippen molar-refractivity contribution in [3.8, 4) is 28.7 Å². The van der Waals surface area contributed by atoms with Crippen LogP contribution in [0.2, 0.25) is 0 Å². The summed E-state index contributed by atoms with van der Waals surface area (Å²) in [7, 11) is 3.12. The number of hydrogen-bond donors (Lipinski definition) is 1. The molecule has 0 saturated carbocycles. The first kappa shape index (κ1) is 20.5. The molecule has 0 amide bonds. The number of Topliss-reactive ketones (excluding diaryl/α,β-unsaturated/α-hetero) is 1. The van der Waals surface area contributed by atoms with Gasteiger partial charge in [0.2, 0.25) is 0 Å². The zero-order chi connectivity index (χ0) is 21.9. The maximum atomic E-state index is 13.6. The Morgan fingerprint density at radius 3 is 2.61 bits per heavy atom. The molecule has 0 saturated heterocycles. The number of methoxy groups -OCH3 is 2. The summed E-state index contributed by atoms with van der Waals surface area (Å²) in [6, 6.07) is 7.11. The van der Waals surface area contributed by atoms with Crippen LogP contribution in [-0.2, 0) is 6.42 Å². The Morgan fingerprint density at radius 2 is 1.90 bits per heavy atom. The summed E-state index contributed by atoms with van der Waals surface area (Å²) in [5.41, 5.74) is 2.12. The molecule has 8 heteroatoms. The zero-order valence-electron chi connectivity index (χ0n) is 17.4. The van der Waals surface area contributed by atoms with Gasteiger partial charge in [0.15, 0.2) is 17.3 Å². The van der Waals surface area contributed by atoms with E-state index in [1.54, 1.807) is 32.4 Å². The molecule has 0 fully saturated rings. The van der Waals surface area contributed by atoms with Gasteiger partial charge in [0.1, 0.15) is 36.1 Å². The van der Waals surface area contributed by atoms with Gasteiger partial charge in [0.25, 0.3) is 0 Å². The number of aliphatic hydroxyl groups excluding tert-OH is 1. The van der Waals surface area contributed by atoms with E-state index in [1.165, 1.54) is 0 Å². The van der Waals surface area contributed by atoms with Crippen molar-refractivity contribution in [2.75, 3.05) is 27.4 Å². The standard InChI is InChI=1S/C23H23BrO7/c1-23(24,10-25)19-7-13-14(30-19)5-4-11-21(26)20-12-6-16(27-2)17(28-3)8-15(12)29-9-18(20)31-22(11)13/h4-6,8,18-20,25H,7,9-10H2,1-3H3/t18-,19?,20+,23+/m1/s1/i24-4. The number of ketones is 1. The summed E-state index contributed by atoms with van der Waals surface area (Å²) in [6.45, 7) is 2.05.